The van der Waals surface area contributed by atoms with Gasteiger partial charge in [0.05, 0.1) is 25.2 Å². The van der Waals surface area contributed by atoms with Crippen LogP contribution in [0.15, 0.2) is 40.8 Å². The number of ether oxygens (including phenoxy) is 1. The Morgan fingerprint density at radius 2 is 1.92 bits per heavy atom. The molecule has 0 radical (unpaired) electrons. The van der Waals surface area contributed by atoms with E-state index in [9.17, 15) is 9.59 Å². The molecule has 0 unspecified atom stereocenters. The lowest BCUT2D eigenvalue weighted by molar-refractivity contribution is -0.133. The first-order chi connectivity index (χ1) is 11.8. The Bertz CT molecular complexity index is 734. The molecular weight excluding hydrogens is 322 g/mol. The molecule has 2 rings (SSSR count). The number of carboxylic acids is 1. The van der Waals surface area contributed by atoms with Gasteiger partial charge in [0.1, 0.15) is 17.1 Å². The van der Waals surface area contributed by atoms with Crippen LogP contribution in [0.2, 0.25) is 0 Å². The summed E-state index contributed by atoms with van der Waals surface area (Å²) in [4.78, 5) is 23.4. The van der Waals surface area contributed by atoms with Crippen molar-refractivity contribution in [2.75, 3.05) is 6.61 Å². The van der Waals surface area contributed by atoms with Gasteiger partial charge in [-0.2, -0.15) is 0 Å². The van der Waals surface area contributed by atoms with Gasteiger partial charge in [0.2, 0.25) is 5.91 Å². The number of benzene rings is 1. The molecule has 25 heavy (non-hydrogen) atoms. The highest BCUT2D eigenvalue weighted by molar-refractivity contribution is 5.88. The van der Waals surface area contributed by atoms with Crippen LogP contribution in [0.3, 0.4) is 0 Å². The number of carboxylic acid groups (broad SMARTS) is 1. The summed E-state index contributed by atoms with van der Waals surface area (Å²) in [6.45, 7) is 6.01. The zero-order valence-electron chi connectivity index (χ0n) is 14.7. The third-order valence-corrected chi connectivity index (χ3v) is 3.81. The first-order valence-electron chi connectivity index (χ1n) is 8.02. The number of carbonyl (C=O) groups is 2. The number of furan rings is 1. The molecule has 6 nitrogen and oxygen atoms in total. The van der Waals surface area contributed by atoms with E-state index in [1.807, 2.05) is 30.3 Å². The third kappa shape index (κ3) is 5.19. The highest BCUT2D eigenvalue weighted by Crippen LogP contribution is 2.18. The number of hydrogen-bond acceptors (Lipinski definition) is 4. The van der Waals surface area contributed by atoms with Gasteiger partial charge in [0, 0.05) is 0 Å². The molecule has 0 saturated carbocycles. The molecule has 0 saturated heterocycles. The summed E-state index contributed by atoms with van der Waals surface area (Å²) >= 11 is 0. The molecule has 1 heterocycles. The number of aromatic carboxylic acids is 1. The summed E-state index contributed by atoms with van der Waals surface area (Å²) in [7, 11) is 0. The summed E-state index contributed by atoms with van der Waals surface area (Å²) in [6, 6.07) is 11.2. The Morgan fingerprint density at radius 3 is 2.52 bits per heavy atom. The van der Waals surface area contributed by atoms with Gasteiger partial charge in [0.15, 0.2) is 0 Å². The fourth-order valence-electron chi connectivity index (χ4n) is 2.31. The second-order valence-corrected chi connectivity index (χ2v) is 6.53. The largest absolute Gasteiger partial charge is 0.478 e. The predicted molar refractivity (Wildman–Crippen MR) is 92.1 cm³/mol. The lowest BCUT2D eigenvalue weighted by Gasteiger charge is -2.23. The maximum absolute atomic E-state index is 12.4. The molecule has 2 N–H and O–H groups in total. The summed E-state index contributed by atoms with van der Waals surface area (Å²) in [5.41, 5.74) is 0.437. The molecule has 0 aliphatic rings. The van der Waals surface area contributed by atoms with Gasteiger partial charge in [-0.15, -0.1) is 0 Å². The van der Waals surface area contributed by atoms with Crippen LogP contribution in [0.25, 0.3) is 0 Å². The van der Waals surface area contributed by atoms with E-state index in [0.29, 0.717) is 18.1 Å². The molecule has 1 amide bonds. The van der Waals surface area contributed by atoms with Crippen LogP contribution < -0.4 is 5.32 Å². The fraction of sp³-hybridized carbons (Fsp3) is 0.368. The molecule has 1 aromatic carbocycles. The minimum absolute atomic E-state index is 0.106. The smallest absolute Gasteiger partial charge is 0.339 e. The van der Waals surface area contributed by atoms with Gasteiger partial charge < -0.3 is 19.6 Å². The van der Waals surface area contributed by atoms with Gasteiger partial charge in [0.25, 0.3) is 0 Å². The average molecular weight is 345 g/mol. The van der Waals surface area contributed by atoms with Crippen LogP contribution in [0.4, 0.5) is 0 Å². The highest BCUT2D eigenvalue weighted by atomic mass is 16.5. The van der Waals surface area contributed by atoms with E-state index in [1.165, 1.54) is 6.07 Å². The van der Waals surface area contributed by atoms with Gasteiger partial charge >= 0.3 is 5.97 Å². The standard InChI is InChI=1S/C19H23NO5/c1-13-16(17(21)22)9-15(25-13)10-20-18(23)19(2,3)12-24-11-14-7-5-4-6-8-14/h4-9H,10-12H2,1-3H3,(H,20,23)(H,21,22). The van der Waals surface area contributed by atoms with Gasteiger partial charge in [-0.3, -0.25) is 4.79 Å². The molecule has 2 aromatic rings. The van der Waals surface area contributed by atoms with Crippen LogP contribution in [0.5, 0.6) is 0 Å². The molecule has 1 aromatic heterocycles. The van der Waals surface area contributed by atoms with E-state index < -0.39 is 11.4 Å². The second-order valence-electron chi connectivity index (χ2n) is 6.53. The summed E-state index contributed by atoms with van der Waals surface area (Å²) in [5, 5.41) is 11.8. The zero-order chi connectivity index (χ0) is 18.4. The fourth-order valence-corrected chi connectivity index (χ4v) is 2.31. The molecule has 0 aliphatic carbocycles. The summed E-state index contributed by atoms with van der Waals surface area (Å²) < 4.78 is 11.0. The third-order valence-electron chi connectivity index (χ3n) is 3.81. The van der Waals surface area contributed by atoms with Crippen molar-refractivity contribution in [3.8, 4) is 0 Å². The van der Waals surface area contributed by atoms with E-state index in [2.05, 4.69) is 5.32 Å². The first-order valence-corrected chi connectivity index (χ1v) is 8.02. The molecule has 0 atom stereocenters. The number of carbonyl (C=O) groups excluding carboxylic acids is 1. The topological polar surface area (TPSA) is 88.8 Å². The maximum Gasteiger partial charge on any atom is 0.339 e. The predicted octanol–water partition coefficient (Wildman–Crippen LogP) is 3.15. The van der Waals surface area contributed by atoms with E-state index in [0.717, 1.165) is 5.56 Å². The average Bonchev–Trinajstić information content (AvgIpc) is 2.94. The molecular formula is C19H23NO5. The molecule has 0 bridgehead atoms. The number of aryl methyl sites for hydroxylation is 1. The molecule has 0 fully saturated rings. The monoisotopic (exact) mass is 345 g/mol. The first kappa shape index (κ1) is 18.7. The quantitative estimate of drug-likeness (QED) is 0.767. The van der Waals surface area contributed by atoms with Crippen LogP contribution in [-0.4, -0.2) is 23.6 Å². The summed E-state index contributed by atoms with van der Waals surface area (Å²) in [6.07, 6.45) is 0. The highest BCUT2D eigenvalue weighted by Gasteiger charge is 2.28. The Balaban J connectivity index is 1.84. The number of nitrogens with one attached hydrogen (secondary N) is 1. The normalized spacial score (nSPS) is 11.3. The van der Waals surface area contributed by atoms with Crippen molar-refractivity contribution in [3.05, 3.63) is 59.0 Å². The van der Waals surface area contributed by atoms with Gasteiger partial charge in [-0.05, 0) is 32.4 Å². The Morgan fingerprint density at radius 1 is 1.24 bits per heavy atom. The van der Waals surface area contributed by atoms with Crippen molar-refractivity contribution in [1.29, 1.82) is 0 Å². The van der Waals surface area contributed by atoms with E-state index in [1.54, 1.807) is 20.8 Å². The van der Waals surface area contributed by atoms with E-state index in [4.69, 9.17) is 14.3 Å². The minimum Gasteiger partial charge on any atom is -0.478 e. The van der Waals surface area contributed by atoms with Crippen molar-refractivity contribution in [3.63, 3.8) is 0 Å². The summed E-state index contributed by atoms with van der Waals surface area (Å²) in [5.74, 6) is -0.508. The van der Waals surface area contributed by atoms with Crippen molar-refractivity contribution >= 4 is 11.9 Å². The van der Waals surface area contributed by atoms with Crippen molar-refractivity contribution in [2.45, 2.75) is 33.9 Å². The molecule has 134 valence electrons. The van der Waals surface area contributed by atoms with Crippen LogP contribution >= 0.6 is 0 Å². The zero-order valence-corrected chi connectivity index (χ0v) is 14.7. The number of amides is 1. The molecule has 0 aliphatic heterocycles. The minimum atomic E-state index is -1.05. The molecule has 0 spiro atoms. The lowest BCUT2D eigenvalue weighted by Crippen LogP contribution is -2.39. The SMILES string of the molecule is Cc1oc(CNC(=O)C(C)(C)COCc2ccccc2)cc1C(=O)O. The van der Waals surface area contributed by atoms with Crippen LogP contribution in [-0.2, 0) is 22.7 Å². The van der Waals surface area contributed by atoms with E-state index in [-0.39, 0.29) is 24.6 Å². The van der Waals surface area contributed by atoms with Crippen LogP contribution in [0, 0.1) is 12.3 Å². The number of hydrogen-bond donors (Lipinski definition) is 2. The van der Waals surface area contributed by atoms with Crippen LogP contribution in [0.1, 0.15) is 41.3 Å². The lowest BCUT2D eigenvalue weighted by atomic mass is 9.93. The van der Waals surface area contributed by atoms with Crippen molar-refractivity contribution in [1.82, 2.24) is 5.32 Å². The number of rotatable bonds is 8. The Kier molecular flexibility index (Phi) is 5.98. The van der Waals surface area contributed by atoms with Gasteiger partial charge in [-0.1, -0.05) is 30.3 Å². The van der Waals surface area contributed by atoms with E-state index >= 15 is 0 Å². The van der Waals surface area contributed by atoms with Crippen molar-refractivity contribution in [2.24, 2.45) is 5.41 Å². The van der Waals surface area contributed by atoms with Crippen molar-refractivity contribution < 1.29 is 23.8 Å². The van der Waals surface area contributed by atoms with Gasteiger partial charge in [-0.25, -0.2) is 4.79 Å². The maximum atomic E-state index is 12.4. The molecule has 6 heteroatoms. The Hall–Kier alpha value is -2.60. The Labute approximate surface area is 146 Å². The second kappa shape index (κ2) is 7.98.